The first-order valence-corrected chi connectivity index (χ1v) is 6.08. The Labute approximate surface area is 110 Å². The molecule has 1 fully saturated rings. The van der Waals surface area contributed by atoms with Crippen LogP contribution in [0.4, 0.5) is 4.79 Å². The minimum atomic E-state index is -1.25. The lowest BCUT2D eigenvalue weighted by molar-refractivity contribution is -0.140. The first kappa shape index (κ1) is 15.2. The molecule has 0 aromatic carbocycles. The van der Waals surface area contributed by atoms with E-state index in [1.54, 1.807) is 0 Å². The monoisotopic (exact) mass is 274 g/mol. The Morgan fingerprint density at radius 1 is 1.21 bits per heavy atom. The largest absolute Gasteiger partial charge is 0.481 e. The van der Waals surface area contributed by atoms with Gasteiger partial charge in [-0.3, -0.25) is 4.79 Å². The summed E-state index contributed by atoms with van der Waals surface area (Å²) in [5, 5.41) is 22.3. The van der Waals surface area contributed by atoms with Gasteiger partial charge in [-0.25, -0.2) is 9.59 Å². The highest BCUT2D eigenvalue weighted by atomic mass is 16.5. The lowest BCUT2D eigenvalue weighted by Gasteiger charge is -2.24. The van der Waals surface area contributed by atoms with Gasteiger partial charge in [-0.1, -0.05) is 0 Å². The van der Waals surface area contributed by atoms with E-state index >= 15 is 0 Å². The number of carbonyl (C=O) groups is 3. The van der Waals surface area contributed by atoms with Crippen molar-refractivity contribution < 1.29 is 29.3 Å². The molecule has 1 heterocycles. The van der Waals surface area contributed by atoms with Gasteiger partial charge in [0.15, 0.2) is 0 Å². The molecule has 1 aliphatic heterocycles. The first-order valence-electron chi connectivity index (χ1n) is 6.08. The average Bonchev–Trinajstić information content (AvgIpc) is 2.35. The third-order valence-electron chi connectivity index (χ3n) is 2.81. The summed E-state index contributed by atoms with van der Waals surface area (Å²) >= 11 is 0. The zero-order valence-electron chi connectivity index (χ0n) is 10.4. The third-order valence-corrected chi connectivity index (χ3v) is 2.81. The van der Waals surface area contributed by atoms with E-state index in [1.165, 1.54) is 0 Å². The summed E-state index contributed by atoms with van der Waals surface area (Å²) < 4.78 is 5.13. The van der Waals surface area contributed by atoms with Crippen molar-refractivity contribution in [3.63, 3.8) is 0 Å². The lowest BCUT2D eigenvalue weighted by Crippen LogP contribution is -2.50. The van der Waals surface area contributed by atoms with E-state index in [0.29, 0.717) is 26.1 Å². The number of rotatable bonds is 6. The van der Waals surface area contributed by atoms with Crippen molar-refractivity contribution in [2.45, 2.75) is 37.8 Å². The molecule has 19 heavy (non-hydrogen) atoms. The molecule has 8 nitrogen and oxygen atoms in total. The fourth-order valence-corrected chi connectivity index (χ4v) is 1.75. The highest BCUT2D eigenvalue weighted by molar-refractivity contribution is 5.83. The van der Waals surface area contributed by atoms with Gasteiger partial charge in [-0.15, -0.1) is 0 Å². The van der Waals surface area contributed by atoms with E-state index in [0.717, 1.165) is 0 Å². The van der Waals surface area contributed by atoms with Gasteiger partial charge in [0.2, 0.25) is 0 Å². The number of hydrogen-bond donors (Lipinski definition) is 4. The molecule has 0 bridgehead atoms. The second-order valence-electron chi connectivity index (χ2n) is 4.33. The maximum absolute atomic E-state index is 11.6. The van der Waals surface area contributed by atoms with Crippen LogP contribution in [0.2, 0.25) is 0 Å². The zero-order chi connectivity index (χ0) is 14.3. The van der Waals surface area contributed by atoms with Crippen molar-refractivity contribution in [1.82, 2.24) is 10.6 Å². The minimum absolute atomic E-state index is 0.0392. The normalized spacial score (nSPS) is 17.5. The summed E-state index contributed by atoms with van der Waals surface area (Å²) in [5.41, 5.74) is 0. The second kappa shape index (κ2) is 7.57. The molecule has 4 N–H and O–H groups in total. The lowest BCUT2D eigenvalue weighted by atomic mass is 10.1. The van der Waals surface area contributed by atoms with Crippen LogP contribution < -0.4 is 10.6 Å². The quantitative estimate of drug-likeness (QED) is 0.531. The summed E-state index contributed by atoms with van der Waals surface area (Å²) in [6, 6.07) is -1.83. The van der Waals surface area contributed by atoms with Crippen molar-refractivity contribution in [2.75, 3.05) is 13.2 Å². The molecule has 1 aliphatic rings. The molecule has 0 aliphatic carbocycles. The van der Waals surface area contributed by atoms with E-state index in [-0.39, 0.29) is 18.9 Å². The van der Waals surface area contributed by atoms with Gasteiger partial charge in [0.1, 0.15) is 6.04 Å². The van der Waals surface area contributed by atoms with Crippen molar-refractivity contribution in [3.8, 4) is 0 Å². The maximum Gasteiger partial charge on any atom is 0.326 e. The van der Waals surface area contributed by atoms with Crippen LogP contribution in [0.3, 0.4) is 0 Å². The molecule has 1 atom stereocenters. The smallest absolute Gasteiger partial charge is 0.326 e. The molecule has 1 saturated heterocycles. The second-order valence-corrected chi connectivity index (χ2v) is 4.33. The number of ether oxygens (including phenoxy) is 1. The summed E-state index contributed by atoms with van der Waals surface area (Å²) in [7, 11) is 0. The molecule has 1 rings (SSSR count). The molecule has 0 saturated carbocycles. The van der Waals surface area contributed by atoms with E-state index in [4.69, 9.17) is 14.9 Å². The zero-order valence-corrected chi connectivity index (χ0v) is 10.4. The number of hydrogen-bond acceptors (Lipinski definition) is 4. The van der Waals surface area contributed by atoms with Gasteiger partial charge >= 0.3 is 18.0 Å². The Balaban J connectivity index is 2.37. The molecule has 2 amide bonds. The Bertz CT molecular complexity index is 340. The molecular weight excluding hydrogens is 256 g/mol. The summed E-state index contributed by atoms with van der Waals surface area (Å²) in [4.78, 5) is 32.9. The number of amides is 2. The van der Waals surface area contributed by atoms with Gasteiger partial charge in [0, 0.05) is 25.7 Å². The van der Waals surface area contributed by atoms with E-state index in [1.807, 2.05) is 0 Å². The standard InChI is InChI=1S/C11H18N2O6/c14-9(15)2-1-8(10(16)17)13-11(18)12-7-3-5-19-6-4-7/h7-8H,1-6H2,(H,14,15)(H,16,17)(H2,12,13,18). The Kier molecular flexibility index (Phi) is 6.07. The van der Waals surface area contributed by atoms with Crippen LogP contribution in [-0.2, 0) is 14.3 Å². The third kappa shape index (κ3) is 6.05. The van der Waals surface area contributed by atoms with Crippen LogP contribution >= 0.6 is 0 Å². The molecule has 0 aromatic heterocycles. The van der Waals surface area contributed by atoms with Crippen LogP contribution in [-0.4, -0.2) is 53.5 Å². The number of nitrogens with one attached hydrogen (secondary N) is 2. The summed E-state index contributed by atoms with van der Waals surface area (Å²) in [6.07, 6.45) is 0.904. The van der Waals surface area contributed by atoms with Crippen molar-refractivity contribution in [3.05, 3.63) is 0 Å². The number of carbonyl (C=O) groups excluding carboxylic acids is 1. The molecule has 8 heteroatoms. The molecule has 0 radical (unpaired) electrons. The van der Waals surface area contributed by atoms with Crippen LogP contribution in [0.15, 0.2) is 0 Å². The Morgan fingerprint density at radius 2 is 1.84 bits per heavy atom. The van der Waals surface area contributed by atoms with Gasteiger partial charge in [0.25, 0.3) is 0 Å². The predicted octanol–water partition coefficient (Wildman–Crippen LogP) is -0.217. The average molecular weight is 274 g/mol. The number of carboxylic acid groups (broad SMARTS) is 2. The van der Waals surface area contributed by atoms with Gasteiger partial charge in [-0.05, 0) is 19.3 Å². The minimum Gasteiger partial charge on any atom is -0.481 e. The fraction of sp³-hybridized carbons (Fsp3) is 0.727. The van der Waals surface area contributed by atoms with Gasteiger partial charge in [-0.2, -0.15) is 0 Å². The van der Waals surface area contributed by atoms with Crippen LogP contribution in [0.1, 0.15) is 25.7 Å². The molecule has 0 aromatic rings. The van der Waals surface area contributed by atoms with Crippen LogP contribution in [0, 0.1) is 0 Å². The van der Waals surface area contributed by atoms with Crippen molar-refractivity contribution in [1.29, 1.82) is 0 Å². The van der Waals surface area contributed by atoms with Crippen LogP contribution in [0.5, 0.6) is 0 Å². The molecular formula is C11H18N2O6. The molecule has 108 valence electrons. The summed E-state index contributed by atoms with van der Waals surface area (Å²) in [6.45, 7) is 1.12. The highest BCUT2D eigenvalue weighted by Gasteiger charge is 2.22. The first-order chi connectivity index (χ1) is 8.99. The summed E-state index contributed by atoms with van der Waals surface area (Å²) in [5.74, 6) is -2.35. The maximum atomic E-state index is 11.6. The molecule has 1 unspecified atom stereocenters. The van der Waals surface area contributed by atoms with Gasteiger partial charge < -0.3 is 25.6 Å². The SMILES string of the molecule is O=C(O)CCC(NC(=O)NC1CCOCC1)C(=O)O. The van der Waals surface area contributed by atoms with E-state index in [9.17, 15) is 14.4 Å². The van der Waals surface area contributed by atoms with E-state index < -0.39 is 24.0 Å². The van der Waals surface area contributed by atoms with Crippen molar-refractivity contribution >= 4 is 18.0 Å². The van der Waals surface area contributed by atoms with Crippen molar-refractivity contribution in [2.24, 2.45) is 0 Å². The van der Waals surface area contributed by atoms with Crippen LogP contribution in [0.25, 0.3) is 0 Å². The highest BCUT2D eigenvalue weighted by Crippen LogP contribution is 2.06. The van der Waals surface area contributed by atoms with E-state index in [2.05, 4.69) is 10.6 Å². The topological polar surface area (TPSA) is 125 Å². The number of aliphatic carboxylic acids is 2. The molecule has 0 spiro atoms. The number of carboxylic acids is 2. The number of urea groups is 1. The van der Waals surface area contributed by atoms with Gasteiger partial charge in [0.05, 0.1) is 0 Å². The Morgan fingerprint density at radius 3 is 2.37 bits per heavy atom. The predicted molar refractivity (Wildman–Crippen MR) is 63.8 cm³/mol. The fourth-order valence-electron chi connectivity index (χ4n) is 1.75. The Hall–Kier alpha value is -1.83.